The van der Waals surface area contributed by atoms with Crippen molar-refractivity contribution in [2.24, 2.45) is 5.92 Å². The molecule has 1 fully saturated rings. The van der Waals surface area contributed by atoms with Gasteiger partial charge in [-0.15, -0.1) is 0 Å². The predicted octanol–water partition coefficient (Wildman–Crippen LogP) is 3.18. The number of hydrogen-bond acceptors (Lipinski definition) is 0. The minimum atomic E-state index is 0.971. The van der Waals surface area contributed by atoms with E-state index >= 15 is 0 Å². The molecule has 1 aliphatic carbocycles. The van der Waals surface area contributed by atoms with Crippen LogP contribution in [-0.2, 0) is 0 Å². The Bertz CT molecular complexity index is 68.1. The van der Waals surface area contributed by atoms with E-state index < -0.39 is 0 Å². The Labute approximate surface area is 58.7 Å². The average Bonchev–Trinajstić information content (AvgIpc) is 1.90. The van der Waals surface area contributed by atoms with Crippen molar-refractivity contribution in [1.82, 2.24) is 0 Å². The molecular formula is C9H17. The van der Waals surface area contributed by atoms with Gasteiger partial charge in [-0.05, 0) is 24.7 Å². The van der Waals surface area contributed by atoms with E-state index in [1.54, 1.807) is 5.92 Å². The molecular weight excluding hydrogens is 108 g/mol. The highest BCUT2D eigenvalue weighted by Crippen LogP contribution is 2.30. The van der Waals surface area contributed by atoms with E-state index in [0.29, 0.717) is 0 Å². The highest BCUT2D eigenvalue weighted by atomic mass is 14.2. The summed E-state index contributed by atoms with van der Waals surface area (Å²) in [5.41, 5.74) is 0. The topological polar surface area (TPSA) is 0 Å². The molecule has 0 amide bonds. The Morgan fingerprint density at radius 2 is 1.56 bits per heavy atom. The van der Waals surface area contributed by atoms with Crippen LogP contribution in [0.15, 0.2) is 0 Å². The second kappa shape index (κ2) is 3.24. The maximum absolute atomic E-state index is 2.27. The fourth-order valence-corrected chi connectivity index (χ4v) is 1.68. The van der Waals surface area contributed by atoms with Crippen molar-refractivity contribution in [3.63, 3.8) is 0 Å². The summed E-state index contributed by atoms with van der Waals surface area (Å²) in [5.74, 6) is 2.62. The van der Waals surface area contributed by atoms with Crippen LogP contribution in [0, 0.1) is 11.8 Å². The third-order valence-electron chi connectivity index (χ3n) is 2.42. The summed E-state index contributed by atoms with van der Waals surface area (Å²) in [6, 6.07) is 0. The molecule has 1 radical (unpaired) electrons. The van der Waals surface area contributed by atoms with Gasteiger partial charge in [-0.2, -0.15) is 0 Å². The smallest absolute Gasteiger partial charge is 0.0272 e. The van der Waals surface area contributed by atoms with Crippen LogP contribution >= 0.6 is 0 Å². The molecule has 1 aliphatic rings. The lowest BCUT2D eigenvalue weighted by molar-refractivity contribution is 0.372. The van der Waals surface area contributed by atoms with Gasteiger partial charge in [0.15, 0.2) is 0 Å². The van der Waals surface area contributed by atoms with E-state index in [4.69, 9.17) is 0 Å². The molecule has 0 N–H and O–H groups in total. The molecule has 0 unspecified atom stereocenters. The van der Waals surface area contributed by atoms with Gasteiger partial charge in [0.2, 0.25) is 0 Å². The van der Waals surface area contributed by atoms with Gasteiger partial charge < -0.3 is 0 Å². The van der Waals surface area contributed by atoms with Crippen LogP contribution in [0.5, 0.6) is 0 Å². The van der Waals surface area contributed by atoms with Crippen LogP contribution < -0.4 is 0 Å². The third kappa shape index (κ3) is 2.00. The first kappa shape index (κ1) is 7.11. The van der Waals surface area contributed by atoms with E-state index in [2.05, 4.69) is 13.8 Å². The first-order valence-electron chi connectivity index (χ1n) is 4.11. The molecule has 1 saturated carbocycles. The van der Waals surface area contributed by atoms with Gasteiger partial charge in [0.25, 0.3) is 0 Å². The van der Waals surface area contributed by atoms with Crippen molar-refractivity contribution >= 4 is 0 Å². The monoisotopic (exact) mass is 125 g/mol. The van der Waals surface area contributed by atoms with Crippen molar-refractivity contribution in [1.29, 1.82) is 0 Å². The summed E-state index contributed by atoms with van der Waals surface area (Å²) in [6.07, 6.45) is 7.33. The first-order valence-corrected chi connectivity index (χ1v) is 4.11. The Balaban J connectivity index is 2.23. The van der Waals surface area contributed by atoms with E-state index in [9.17, 15) is 0 Å². The zero-order valence-corrected chi connectivity index (χ0v) is 6.61. The minimum Gasteiger partial charge on any atom is -0.0591 e. The Kier molecular flexibility index (Phi) is 2.56. The van der Waals surface area contributed by atoms with Gasteiger partial charge in [0, 0.05) is 0 Å². The Morgan fingerprint density at radius 1 is 1.00 bits per heavy atom. The molecule has 0 aliphatic heterocycles. The maximum atomic E-state index is 2.27. The maximum Gasteiger partial charge on any atom is -0.0272 e. The van der Waals surface area contributed by atoms with Crippen molar-refractivity contribution in [2.45, 2.75) is 46.0 Å². The van der Waals surface area contributed by atoms with Crippen LogP contribution in [0.1, 0.15) is 46.0 Å². The normalized spacial score (nSPS) is 23.0. The van der Waals surface area contributed by atoms with Gasteiger partial charge in [-0.25, -0.2) is 0 Å². The highest BCUT2D eigenvalue weighted by Gasteiger charge is 2.16. The number of hydrogen-bond donors (Lipinski definition) is 0. The molecule has 0 aromatic carbocycles. The molecule has 0 saturated heterocycles. The first-order chi connectivity index (χ1) is 4.30. The Hall–Kier alpha value is 0. The van der Waals surface area contributed by atoms with Gasteiger partial charge in [-0.3, -0.25) is 0 Å². The number of rotatable bonds is 1. The van der Waals surface area contributed by atoms with Crippen LogP contribution in [0.25, 0.3) is 0 Å². The molecule has 0 aromatic heterocycles. The lowest BCUT2D eigenvalue weighted by Crippen LogP contribution is -2.10. The summed E-state index contributed by atoms with van der Waals surface area (Å²) < 4.78 is 0. The largest absolute Gasteiger partial charge is 0.0591 e. The summed E-state index contributed by atoms with van der Waals surface area (Å²) in [7, 11) is 0. The Morgan fingerprint density at radius 3 is 1.89 bits per heavy atom. The summed E-state index contributed by atoms with van der Waals surface area (Å²) in [6.45, 7) is 4.55. The van der Waals surface area contributed by atoms with E-state index in [1.165, 1.54) is 32.1 Å². The molecule has 0 heterocycles. The standard InChI is InChI=1S/C9H17/c1-8(2)9-6-4-3-5-7-9/h9H,3-7H2,1-2H3. The fourth-order valence-electron chi connectivity index (χ4n) is 1.68. The third-order valence-corrected chi connectivity index (χ3v) is 2.42. The molecule has 0 nitrogen and oxygen atoms in total. The van der Waals surface area contributed by atoms with Crippen molar-refractivity contribution in [2.75, 3.05) is 0 Å². The lowest BCUT2D eigenvalue weighted by atomic mass is 9.82. The van der Waals surface area contributed by atoms with Gasteiger partial charge >= 0.3 is 0 Å². The molecule has 0 bridgehead atoms. The van der Waals surface area contributed by atoms with Crippen molar-refractivity contribution < 1.29 is 0 Å². The van der Waals surface area contributed by atoms with E-state index in [-0.39, 0.29) is 0 Å². The SMILES string of the molecule is C[C](C)C1CCCCC1. The molecule has 0 heteroatoms. The van der Waals surface area contributed by atoms with Gasteiger partial charge in [0.05, 0.1) is 0 Å². The molecule has 0 aromatic rings. The van der Waals surface area contributed by atoms with Crippen molar-refractivity contribution in [3.8, 4) is 0 Å². The molecule has 9 heavy (non-hydrogen) atoms. The van der Waals surface area contributed by atoms with Crippen LogP contribution in [0.4, 0.5) is 0 Å². The second-order valence-corrected chi connectivity index (χ2v) is 3.41. The minimum absolute atomic E-state index is 0.971. The van der Waals surface area contributed by atoms with E-state index in [1.807, 2.05) is 0 Å². The lowest BCUT2D eigenvalue weighted by Gasteiger charge is -2.24. The highest BCUT2D eigenvalue weighted by molar-refractivity contribution is 4.88. The van der Waals surface area contributed by atoms with Gasteiger partial charge in [0.1, 0.15) is 0 Å². The quantitative estimate of drug-likeness (QED) is 0.505. The van der Waals surface area contributed by atoms with Crippen molar-refractivity contribution in [3.05, 3.63) is 5.92 Å². The molecule has 0 atom stereocenters. The fraction of sp³-hybridized carbons (Fsp3) is 0.889. The molecule has 1 rings (SSSR count). The molecule has 53 valence electrons. The summed E-state index contributed by atoms with van der Waals surface area (Å²) in [4.78, 5) is 0. The predicted molar refractivity (Wildman–Crippen MR) is 41.2 cm³/mol. The second-order valence-electron chi connectivity index (χ2n) is 3.41. The van der Waals surface area contributed by atoms with Crippen LogP contribution in [-0.4, -0.2) is 0 Å². The van der Waals surface area contributed by atoms with Crippen LogP contribution in [0.3, 0.4) is 0 Å². The van der Waals surface area contributed by atoms with Crippen LogP contribution in [0.2, 0.25) is 0 Å². The van der Waals surface area contributed by atoms with Gasteiger partial charge in [-0.1, -0.05) is 33.1 Å². The summed E-state index contributed by atoms with van der Waals surface area (Å²) >= 11 is 0. The molecule has 0 spiro atoms. The zero-order chi connectivity index (χ0) is 6.69. The zero-order valence-electron chi connectivity index (χ0n) is 6.61. The summed E-state index contributed by atoms with van der Waals surface area (Å²) in [5, 5.41) is 0. The van der Waals surface area contributed by atoms with E-state index in [0.717, 1.165) is 5.92 Å². The average molecular weight is 125 g/mol.